The monoisotopic (exact) mass is 993 g/mol. The zero-order chi connectivity index (χ0) is 52.1. The lowest BCUT2D eigenvalue weighted by Gasteiger charge is -2.34. The van der Waals surface area contributed by atoms with E-state index in [-0.39, 0.29) is 5.41 Å². The summed E-state index contributed by atoms with van der Waals surface area (Å²) in [7, 11) is 0. The molecule has 0 radical (unpaired) electrons. The van der Waals surface area contributed by atoms with E-state index in [1.807, 2.05) is 6.08 Å². The summed E-state index contributed by atoms with van der Waals surface area (Å²) in [4.78, 5) is 2.46. The van der Waals surface area contributed by atoms with Gasteiger partial charge in [0.05, 0.1) is 11.0 Å². The van der Waals surface area contributed by atoms with Crippen molar-refractivity contribution in [3.8, 4) is 61.3 Å². The third kappa shape index (κ3) is 9.46. The molecule has 1 aliphatic carbocycles. The Morgan fingerprint density at radius 2 is 0.766 bits per heavy atom. The maximum atomic E-state index is 4.14. The van der Waals surface area contributed by atoms with Crippen LogP contribution in [0.1, 0.15) is 68.1 Å². The molecule has 0 unspecified atom stereocenters. The third-order valence-corrected chi connectivity index (χ3v) is 16.2. The van der Waals surface area contributed by atoms with Gasteiger partial charge in [-0.25, -0.2) is 0 Å². The molecule has 0 N–H and O–H groups in total. The number of allylic oxidation sites excluding steroid dienone is 2. The van der Waals surface area contributed by atoms with Crippen LogP contribution in [0.15, 0.2) is 268 Å². The second-order valence-corrected chi connectivity index (χ2v) is 20.8. The van der Waals surface area contributed by atoms with Crippen LogP contribution in [0, 0.1) is 0 Å². The van der Waals surface area contributed by atoms with E-state index >= 15 is 0 Å². The van der Waals surface area contributed by atoms with Crippen molar-refractivity contribution in [1.29, 1.82) is 0 Å². The summed E-state index contributed by atoms with van der Waals surface area (Å²) in [5, 5.41) is 2.48. The van der Waals surface area contributed by atoms with Gasteiger partial charge in [-0.15, -0.1) is 13.2 Å². The summed E-state index contributed by atoms with van der Waals surface area (Å²) in [6.45, 7) is 12.3. The van der Waals surface area contributed by atoms with Crippen LogP contribution in [0.5, 0.6) is 0 Å². The van der Waals surface area contributed by atoms with Crippen LogP contribution in [0.3, 0.4) is 0 Å². The Labute approximate surface area is 455 Å². The number of hydrogen-bond donors (Lipinski definition) is 0. The minimum Gasteiger partial charge on any atom is -0.310 e. The van der Waals surface area contributed by atoms with Crippen molar-refractivity contribution >= 4 is 44.9 Å². The van der Waals surface area contributed by atoms with Crippen LogP contribution in [-0.4, -0.2) is 4.57 Å². The topological polar surface area (TPSA) is 8.17 Å². The standard InChI is InChI=1S/C75H64N2/c1-4-7-9-20-48-75(49-21-10-8-5-2)71-52-65(76(63-38-32-58(33-39-63)55-22-14-11-15-23-55)64-40-34-59(35-41-64)56-24-16-12-17-25-56)42-44-67(71)68-45-43-66(53-72(68)75)77-73-46-36-61(57-26-18-13-19-27-57)50-69(73)70-51-62(37-47-74(70)77)60-30-28-54(6-3)29-31-60/h4-6,11-19,22-47,50-53H,1-3,7-10,20-21,48-49H2. The molecule has 2 nitrogen and oxygen atoms in total. The molecule has 12 rings (SSSR count). The van der Waals surface area contributed by atoms with Crippen LogP contribution >= 0.6 is 0 Å². The number of benzene rings is 10. The van der Waals surface area contributed by atoms with Gasteiger partial charge >= 0.3 is 0 Å². The zero-order valence-electron chi connectivity index (χ0n) is 43.9. The second-order valence-electron chi connectivity index (χ2n) is 20.8. The van der Waals surface area contributed by atoms with Crippen LogP contribution in [0.25, 0.3) is 89.2 Å². The van der Waals surface area contributed by atoms with Gasteiger partial charge in [0.15, 0.2) is 0 Å². The van der Waals surface area contributed by atoms with Gasteiger partial charge in [0.2, 0.25) is 0 Å². The van der Waals surface area contributed by atoms with E-state index in [1.54, 1.807) is 0 Å². The first kappa shape index (κ1) is 48.9. The number of aromatic nitrogens is 1. The predicted molar refractivity (Wildman–Crippen MR) is 331 cm³/mol. The first-order chi connectivity index (χ1) is 38.0. The number of unbranched alkanes of at least 4 members (excludes halogenated alkanes) is 4. The van der Waals surface area contributed by atoms with Gasteiger partial charge in [0.25, 0.3) is 0 Å². The lowest BCUT2D eigenvalue weighted by molar-refractivity contribution is 0.408. The summed E-state index contributed by atoms with van der Waals surface area (Å²) in [6.07, 6.45) is 14.6. The highest BCUT2D eigenvalue weighted by Crippen LogP contribution is 2.56. The summed E-state index contributed by atoms with van der Waals surface area (Å²) >= 11 is 0. The lowest BCUT2D eigenvalue weighted by atomic mass is 9.70. The van der Waals surface area contributed by atoms with Crippen molar-refractivity contribution in [3.63, 3.8) is 0 Å². The molecule has 10 aromatic carbocycles. The highest BCUT2D eigenvalue weighted by atomic mass is 15.1. The number of nitrogens with zero attached hydrogens (tertiary/aromatic N) is 2. The SMILES string of the molecule is C=CCCCCC1(CCCCC=C)c2cc(N(c3ccc(-c4ccccc4)cc3)c3ccc(-c4ccccc4)cc3)ccc2-c2ccc(-n3c4ccc(-c5ccccc5)cc4c4cc(-c5ccc(C=C)cc5)ccc43)cc21. The van der Waals surface area contributed by atoms with E-state index < -0.39 is 0 Å². The first-order valence-corrected chi connectivity index (χ1v) is 27.5. The fraction of sp³-hybridized carbons (Fsp3) is 0.120. The van der Waals surface area contributed by atoms with Gasteiger partial charge in [-0.1, -0.05) is 201 Å². The largest absolute Gasteiger partial charge is 0.310 e. The predicted octanol–water partition coefficient (Wildman–Crippen LogP) is 21.3. The number of fused-ring (bicyclic) bond motifs is 6. The molecule has 0 saturated heterocycles. The first-order valence-electron chi connectivity index (χ1n) is 27.5. The third-order valence-electron chi connectivity index (χ3n) is 16.2. The van der Waals surface area contributed by atoms with Gasteiger partial charge < -0.3 is 9.47 Å². The molecule has 0 aliphatic heterocycles. The molecule has 0 spiro atoms. The quantitative estimate of drug-likeness (QED) is 0.0579. The van der Waals surface area contributed by atoms with Crippen molar-refractivity contribution in [2.45, 2.75) is 56.8 Å². The minimum absolute atomic E-state index is 0.233. The summed E-state index contributed by atoms with van der Waals surface area (Å²) in [5.74, 6) is 0. The van der Waals surface area contributed by atoms with Crippen molar-refractivity contribution in [2.24, 2.45) is 0 Å². The van der Waals surface area contributed by atoms with Gasteiger partial charge in [-0.2, -0.15) is 0 Å². The molecule has 1 heterocycles. The molecule has 0 bridgehead atoms. The molecular weight excluding hydrogens is 929 g/mol. The van der Waals surface area contributed by atoms with E-state index in [2.05, 4.69) is 278 Å². The molecule has 2 heteroatoms. The summed E-state index contributed by atoms with van der Waals surface area (Å²) < 4.78 is 2.53. The number of anilines is 3. The van der Waals surface area contributed by atoms with Gasteiger partial charge in [0, 0.05) is 38.9 Å². The van der Waals surface area contributed by atoms with Crippen LogP contribution in [-0.2, 0) is 5.41 Å². The van der Waals surface area contributed by atoms with Crippen LogP contribution in [0.4, 0.5) is 17.1 Å². The molecule has 0 saturated carbocycles. The van der Waals surface area contributed by atoms with Crippen molar-refractivity contribution in [1.82, 2.24) is 4.57 Å². The lowest BCUT2D eigenvalue weighted by Crippen LogP contribution is -2.26. The molecule has 11 aromatic rings. The molecule has 0 atom stereocenters. The van der Waals surface area contributed by atoms with Crippen molar-refractivity contribution in [3.05, 3.63) is 285 Å². The Morgan fingerprint density at radius 3 is 1.25 bits per heavy atom. The second kappa shape index (κ2) is 21.7. The van der Waals surface area contributed by atoms with Gasteiger partial charge in [-0.3, -0.25) is 0 Å². The van der Waals surface area contributed by atoms with E-state index in [1.165, 1.54) is 94.3 Å². The maximum absolute atomic E-state index is 4.14. The summed E-state index contributed by atoms with van der Waals surface area (Å²) in [5.41, 5.74) is 23.0. The van der Waals surface area contributed by atoms with Crippen LogP contribution in [0.2, 0.25) is 0 Å². The smallest absolute Gasteiger partial charge is 0.0541 e. The molecule has 0 fully saturated rings. The van der Waals surface area contributed by atoms with Gasteiger partial charge in [-0.05, 0) is 184 Å². The normalized spacial score (nSPS) is 12.3. The van der Waals surface area contributed by atoms with Crippen molar-refractivity contribution in [2.75, 3.05) is 4.90 Å². The Hall–Kier alpha value is -8.98. The highest BCUT2D eigenvalue weighted by Gasteiger charge is 2.43. The number of hydrogen-bond acceptors (Lipinski definition) is 1. The van der Waals surface area contributed by atoms with Crippen molar-refractivity contribution < 1.29 is 0 Å². The molecule has 1 aromatic heterocycles. The Balaban J connectivity index is 1.03. The molecule has 374 valence electrons. The van der Waals surface area contributed by atoms with Crippen LogP contribution < -0.4 is 4.90 Å². The zero-order valence-corrected chi connectivity index (χ0v) is 43.9. The van der Waals surface area contributed by atoms with E-state index in [4.69, 9.17) is 0 Å². The van der Waals surface area contributed by atoms with E-state index in [9.17, 15) is 0 Å². The Kier molecular flexibility index (Phi) is 13.8. The Bertz CT molecular complexity index is 3780. The molecule has 1 aliphatic rings. The Morgan fingerprint density at radius 1 is 0.364 bits per heavy atom. The fourth-order valence-corrected chi connectivity index (χ4v) is 12.3. The average Bonchev–Trinajstić information content (AvgIpc) is 4.12. The summed E-state index contributed by atoms with van der Waals surface area (Å²) in [6, 6.07) is 87.9. The number of rotatable bonds is 19. The maximum Gasteiger partial charge on any atom is 0.0541 e. The van der Waals surface area contributed by atoms with E-state index in [0.29, 0.717) is 0 Å². The fourth-order valence-electron chi connectivity index (χ4n) is 12.3. The minimum atomic E-state index is -0.233. The van der Waals surface area contributed by atoms with Gasteiger partial charge in [0.1, 0.15) is 0 Å². The molecule has 77 heavy (non-hydrogen) atoms. The average molecular weight is 993 g/mol. The highest BCUT2D eigenvalue weighted by molar-refractivity contribution is 6.12. The molecular formula is C75H64N2. The molecule has 0 amide bonds. The van der Waals surface area contributed by atoms with E-state index in [0.717, 1.165) is 74.0 Å².